The Hall–Kier alpha value is -0.410. The van der Waals surface area contributed by atoms with Gasteiger partial charge in [-0.2, -0.15) is 0 Å². The van der Waals surface area contributed by atoms with E-state index in [0.29, 0.717) is 5.78 Å². The number of hydrogen-bond acceptors (Lipinski definition) is 3. The molecule has 0 amide bonds. The molecule has 3 nitrogen and oxygen atoms in total. The van der Waals surface area contributed by atoms with Crippen LogP contribution in [0.4, 0.5) is 0 Å². The van der Waals surface area contributed by atoms with E-state index < -0.39 is 0 Å². The summed E-state index contributed by atoms with van der Waals surface area (Å²) >= 11 is 0. The molecule has 1 unspecified atom stereocenters. The number of methoxy groups -OCH3 is 1. The van der Waals surface area contributed by atoms with Crippen LogP contribution in [0.15, 0.2) is 0 Å². The fraction of sp³-hybridized carbons (Fsp3) is 0.909. The number of carbonyl (C=O) groups is 1. The zero-order valence-electron chi connectivity index (χ0n) is 9.88. The zero-order valence-corrected chi connectivity index (χ0v) is 9.88. The molecule has 0 radical (unpaired) electrons. The van der Waals surface area contributed by atoms with Crippen molar-refractivity contribution in [2.24, 2.45) is 0 Å². The first-order chi connectivity index (χ1) is 6.58. The number of ketones is 1. The monoisotopic (exact) mass is 204 g/mol. The third-order valence-corrected chi connectivity index (χ3v) is 1.82. The van der Waals surface area contributed by atoms with Crippen LogP contribution in [0.2, 0.25) is 0 Å². The minimum atomic E-state index is 0.199. The van der Waals surface area contributed by atoms with E-state index >= 15 is 0 Å². The van der Waals surface area contributed by atoms with Crippen LogP contribution in [0.3, 0.4) is 0 Å². The predicted molar refractivity (Wildman–Crippen MR) is 58.4 cm³/mol. The summed E-state index contributed by atoms with van der Waals surface area (Å²) in [7, 11) is 1.64. The van der Waals surface area contributed by atoms with Gasteiger partial charge in [0, 0.05) is 20.1 Å². The fourth-order valence-corrected chi connectivity index (χ4v) is 0.725. The van der Waals surface area contributed by atoms with Crippen molar-refractivity contribution < 1.29 is 14.6 Å². The van der Waals surface area contributed by atoms with Gasteiger partial charge in [-0.05, 0) is 26.7 Å². The molecule has 1 atom stereocenters. The highest BCUT2D eigenvalue weighted by molar-refractivity contribution is 5.75. The second-order valence-corrected chi connectivity index (χ2v) is 3.36. The highest BCUT2D eigenvalue weighted by atomic mass is 16.5. The summed E-state index contributed by atoms with van der Waals surface area (Å²) in [6, 6.07) is 0. The van der Waals surface area contributed by atoms with Gasteiger partial charge in [0.1, 0.15) is 5.78 Å². The third-order valence-electron chi connectivity index (χ3n) is 1.82. The van der Waals surface area contributed by atoms with Crippen molar-refractivity contribution in [1.82, 2.24) is 0 Å². The lowest BCUT2D eigenvalue weighted by Crippen LogP contribution is -2.05. The van der Waals surface area contributed by atoms with Gasteiger partial charge in [-0.1, -0.05) is 13.3 Å². The first-order valence-electron chi connectivity index (χ1n) is 5.21. The van der Waals surface area contributed by atoms with Crippen LogP contribution in [0, 0.1) is 0 Å². The lowest BCUT2D eigenvalue weighted by molar-refractivity contribution is -0.117. The molecule has 0 aromatic carbocycles. The Morgan fingerprint density at radius 3 is 2.21 bits per heavy atom. The van der Waals surface area contributed by atoms with E-state index in [1.165, 1.54) is 0 Å². The van der Waals surface area contributed by atoms with E-state index in [9.17, 15) is 4.79 Å². The molecule has 0 aromatic rings. The smallest absolute Gasteiger partial charge is 0.129 e. The number of carbonyl (C=O) groups excluding carboxylic acids is 1. The Bertz CT molecular complexity index is 124. The van der Waals surface area contributed by atoms with Crippen molar-refractivity contribution >= 4 is 5.78 Å². The van der Waals surface area contributed by atoms with Gasteiger partial charge < -0.3 is 14.6 Å². The molecule has 0 aliphatic carbocycles. The Morgan fingerprint density at radius 1 is 1.50 bits per heavy atom. The topological polar surface area (TPSA) is 46.5 Å². The molecule has 0 aliphatic heterocycles. The molecule has 14 heavy (non-hydrogen) atoms. The minimum Gasteiger partial charge on any atom is -0.396 e. The summed E-state index contributed by atoms with van der Waals surface area (Å²) in [5, 5.41) is 8.29. The second kappa shape index (κ2) is 12.6. The van der Waals surface area contributed by atoms with Crippen LogP contribution in [0.5, 0.6) is 0 Å². The lowest BCUT2D eigenvalue weighted by Gasteiger charge is -2.04. The van der Waals surface area contributed by atoms with E-state index in [0.717, 1.165) is 25.7 Å². The van der Waals surface area contributed by atoms with Gasteiger partial charge in [0.15, 0.2) is 0 Å². The molecule has 3 heteroatoms. The summed E-state index contributed by atoms with van der Waals surface area (Å²) in [6.45, 7) is 5.86. The number of aliphatic hydroxyl groups excluding tert-OH is 1. The van der Waals surface area contributed by atoms with Crippen molar-refractivity contribution in [2.75, 3.05) is 13.7 Å². The number of rotatable bonds is 6. The van der Waals surface area contributed by atoms with Crippen LogP contribution in [0.1, 0.15) is 46.5 Å². The SMILES string of the molecule is CCCCC(C)=O.COC(C)CCO. The quantitative estimate of drug-likeness (QED) is 0.721. The maximum Gasteiger partial charge on any atom is 0.129 e. The molecule has 0 rings (SSSR count). The average molecular weight is 204 g/mol. The van der Waals surface area contributed by atoms with Crippen LogP contribution >= 0.6 is 0 Å². The molecule has 0 bridgehead atoms. The van der Waals surface area contributed by atoms with E-state index in [-0.39, 0.29) is 12.7 Å². The van der Waals surface area contributed by atoms with Gasteiger partial charge in [0.05, 0.1) is 6.10 Å². The lowest BCUT2D eigenvalue weighted by atomic mass is 10.2. The van der Waals surface area contributed by atoms with Gasteiger partial charge in [0.25, 0.3) is 0 Å². The Morgan fingerprint density at radius 2 is 2.07 bits per heavy atom. The highest BCUT2D eigenvalue weighted by Crippen LogP contribution is 1.92. The average Bonchev–Trinajstić information content (AvgIpc) is 2.16. The minimum absolute atomic E-state index is 0.199. The zero-order chi connectivity index (χ0) is 11.4. The number of ether oxygens (including phenoxy) is 1. The largest absolute Gasteiger partial charge is 0.396 e. The van der Waals surface area contributed by atoms with E-state index in [1.54, 1.807) is 14.0 Å². The number of aliphatic hydroxyl groups is 1. The first kappa shape index (κ1) is 16.0. The molecule has 1 N–H and O–H groups in total. The van der Waals surface area contributed by atoms with Gasteiger partial charge >= 0.3 is 0 Å². The molecule has 0 aliphatic rings. The molecular weight excluding hydrogens is 180 g/mol. The number of unbranched alkanes of at least 4 members (excludes halogenated alkanes) is 1. The van der Waals surface area contributed by atoms with Gasteiger partial charge in [-0.3, -0.25) is 0 Å². The summed E-state index contributed by atoms with van der Waals surface area (Å²) < 4.78 is 4.83. The maximum absolute atomic E-state index is 10.2. The van der Waals surface area contributed by atoms with Crippen molar-refractivity contribution in [3.63, 3.8) is 0 Å². The Kier molecular flexibility index (Phi) is 14.4. The Labute approximate surface area is 87.5 Å². The van der Waals surface area contributed by atoms with Crippen LogP contribution < -0.4 is 0 Å². The van der Waals surface area contributed by atoms with Crippen molar-refractivity contribution in [3.8, 4) is 0 Å². The molecule has 0 saturated carbocycles. The molecule has 86 valence electrons. The predicted octanol–water partition coefficient (Wildman–Crippen LogP) is 2.17. The third kappa shape index (κ3) is 17.6. The molecule has 0 saturated heterocycles. The first-order valence-corrected chi connectivity index (χ1v) is 5.21. The summed E-state index contributed by atoms with van der Waals surface area (Å²) in [6.07, 6.45) is 3.87. The van der Waals surface area contributed by atoms with Crippen LogP contribution in [-0.2, 0) is 9.53 Å². The fourth-order valence-electron chi connectivity index (χ4n) is 0.725. The van der Waals surface area contributed by atoms with Crippen LogP contribution in [-0.4, -0.2) is 30.7 Å². The molecule has 0 spiro atoms. The molecule has 0 heterocycles. The highest BCUT2D eigenvalue weighted by Gasteiger charge is 1.93. The maximum atomic E-state index is 10.2. The normalized spacial score (nSPS) is 11.5. The van der Waals surface area contributed by atoms with E-state index in [1.807, 2.05) is 6.92 Å². The van der Waals surface area contributed by atoms with E-state index in [2.05, 4.69) is 6.92 Å². The van der Waals surface area contributed by atoms with Crippen molar-refractivity contribution in [3.05, 3.63) is 0 Å². The van der Waals surface area contributed by atoms with Gasteiger partial charge in [-0.25, -0.2) is 0 Å². The standard InChI is InChI=1S/C6H12O.C5H12O2/c1-3-4-5-6(2)7;1-5(7-2)3-4-6/h3-5H2,1-2H3;5-6H,3-4H2,1-2H3. The summed E-state index contributed by atoms with van der Waals surface area (Å²) in [4.78, 5) is 10.2. The van der Waals surface area contributed by atoms with Crippen molar-refractivity contribution in [2.45, 2.75) is 52.6 Å². The summed E-state index contributed by atoms with van der Waals surface area (Å²) in [5.74, 6) is 0.307. The Balaban J connectivity index is 0. The molecule has 0 aromatic heterocycles. The van der Waals surface area contributed by atoms with E-state index in [4.69, 9.17) is 9.84 Å². The van der Waals surface area contributed by atoms with Gasteiger partial charge in [0.2, 0.25) is 0 Å². The van der Waals surface area contributed by atoms with Crippen LogP contribution in [0.25, 0.3) is 0 Å². The van der Waals surface area contributed by atoms with Gasteiger partial charge in [-0.15, -0.1) is 0 Å². The molecule has 0 fully saturated rings. The second-order valence-electron chi connectivity index (χ2n) is 3.36. The number of hydrogen-bond donors (Lipinski definition) is 1. The summed E-state index contributed by atoms with van der Waals surface area (Å²) in [5.41, 5.74) is 0. The number of Topliss-reactive ketones (excluding diaryl/α,β-unsaturated/α-hetero) is 1. The molecular formula is C11H24O3. The van der Waals surface area contributed by atoms with Crippen molar-refractivity contribution in [1.29, 1.82) is 0 Å².